The van der Waals surface area contributed by atoms with Crippen molar-refractivity contribution in [2.45, 2.75) is 260 Å². The highest BCUT2D eigenvalue weighted by atomic mass is 16.8. The Labute approximate surface area is 513 Å². The highest BCUT2D eigenvalue weighted by molar-refractivity contribution is 5.04. The van der Waals surface area contributed by atoms with Crippen LogP contribution >= 0.6 is 0 Å². The molecule has 0 radical (unpaired) electrons. The molecular formula is C52H90N2O36. The van der Waals surface area contributed by atoms with Crippen molar-refractivity contribution in [3.05, 3.63) is 12.7 Å². The van der Waals surface area contributed by atoms with Crippen LogP contribution in [-0.4, -0.2) is 393 Å². The Morgan fingerprint density at radius 3 is 1.21 bits per heavy atom. The Bertz CT molecular complexity index is 2190. The van der Waals surface area contributed by atoms with Gasteiger partial charge in [-0.05, 0) is 20.3 Å². The predicted molar refractivity (Wildman–Crippen MR) is 283 cm³/mol. The normalized spacial score (nSPS) is 53.1. The van der Waals surface area contributed by atoms with Gasteiger partial charge in [0.05, 0.1) is 76.1 Å². The summed E-state index contributed by atoms with van der Waals surface area (Å²) in [5.74, 6) is -1.20. The van der Waals surface area contributed by atoms with E-state index in [-0.39, 0.29) is 13.0 Å². The first-order valence-electron chi connectivity index (χ1n) is 29.5. The predicted octanol–water partition coefficient (Wildman–Crippen LogP) is -14.6. The van der Waals surface area contributed by atoms with Crippen molar-refractivity contribution in [2.24, 2.45) is 17.4 Å². The van der Waals surface area contributed by atoms with E-state index in [1.165, 1.54) is 19.9 Å². The SMILES string of the molecule is C=CCO[C@@H]1OC(CO)[C@H](O[C@@H]2OC(CO[C@@H]3CC(CO)[C@H](O[C@@H]4OC(CO)[C@H](O)C(O)C4O)C(OC4OC(C)[C@@H](O)C(O)C4O)C3N)[C@H](O)C(O[C@@H]3OC(CO)[C@H](O[C@@H]4OC(C)[C@H](O)C(O)C4O)C(O[C@@H]4OC(CO)[C@H](O)C(O)C4O)C3N)C2O)C(O)C1O. The Hall–Kier alpha value is -1.78. The first-order valence-corrected chi connectivity index (χ1v) is 29.5. The molecular weight excluding hydrogens is 1230 g/mol. The Kier molecular flexibility index (Phi) is 26.4. The molecule has 0 aromatic rings. The molecule has 7 aliphatic heterocycles. The van der Waals surface area contributed by atoms with Gasteiger partial charge in [0.2, 0.25) is 0 Å². The van der Waals surface area contributed by atoms with E-state index in [9.17, 15) is 107 Å². The lowest BCUT2D eigenvalue weighted by molar-refractivity contribution is -0.391. The molecule has 40 atom stereocenters. The molecule has 7 heterocycles. The van der Waals surface area contributed by atoms with Crippen LogP contribution in [0.15, 0.2) is 12.7 Å². The van der Waals surface area contributed by atoms with Gasteiger partial charge in [-0.1, -0.05) is 6.08 Å². The van der Waals surface area contributed by atoms with Crippen LogP contribution in [0, 0.1) is 5.92 Å². The van der Waals surface area contributed by atoms with Crippen molar-refractivity contribution in [1.82, 2.24) is 0 Å². The number of ether oxygens (including phenoxy) is 15. The molecule has 38 nitrogen and oxygen atoms in total. The average molecular weight is 1320 g/mol. The molecule has 25 N–H and O–H groups in total. The minimum absolute atomic E-state index is 0.195. The smallest absolute Gasteiger partial charge is 0.187 e. The lowest BCUT2D eigenvalue weighted by Gasteiger charge is -2.51. The zero-order valence-electron chi connectivity index (χ0n) is 48.7. The van der Waals surface area contributed by atoms with Gasteiger partial charge in [-0.15, -0.1) is 6.58 Å². The Morgan fingerprint density at radius 2 is 0.722 bits per heavy atom. The van der Waals surface area contributed by atoms with Gasteiger partial charge in [-0.2, -0.15) is 0 Å². The maximum Gasteiger partial charge on any atom is 0.187 e. The first-order chi connectivity index (χ1) is 42.7. The number of hydrogen-bond donors (Lipinski definition) is 23. The largest absolute Gasteiger partial charge is 0.396 e. The summed E-state index contributed by atoms with van der Waals surface area (Å²) >= 11 is 0. The lowest BCUT2D eigenvalue weighted by Crippen LogP contribution is -2.70. The van der Waals surface area contributed by atoms with Gasteiger partial charge < -0.3 is 190 Å². The van der Waals surface area contributed by atoms with Crippen molar-refractivity contribution in [3.63, 3.8) is 0 Å². The summed E-state index contributed by atoms with van der Waals surface area (Å²) in [6, 6.07) is -3.40. The average Bonchev–Trinajstić information content (AvgIpc) is 1.06. The van der Waals surface area contributed by atoms with E-state index in [1.807, 2.05) is 0 Å². The second-order valence-corrected chi connectivity index (χ2v) is 23.6. The zero-order chi connectivity index (χ0) is 66.1. The second kappa shape index (κ2) is 32.1. The van der Waals surface area contributed by atoms with Crippen molar-refractivity contribution in [3.8, 4) is 0 Å². The maximum atomic E-state index is 12.4. The molecule has 8 fully saturated rings. The van der Waals surface area contributed by atoms with E-state index < -0.39 is 285 Å². The number of aliphatic hydroxyl groups excluding tert-OH is 21. The minimum atomic E-state index is -2.27. The fraction of sp³-hybridized carbons (Fsp3) is 0.962. The highest BCUT2D eigenvalue weighted by Crippen LogP contribution is 2.40. The summed E-state index contributed by atoms with van der Waals surface area (Å²) in [5.41, 5.74) is 13.7. The maximum absolute atomic E-state index is 12.4. The van der Waals surface area contributed by atoms with Crippen LogP contribution in [0.3, 0.4) is 0 Å². The van der Waals surface area contributed by atoms with Crippen molar-refractivity contribution < 1.29 is 178 Å². The minimum Gasteiger partial charge on any atom is -0.396 e. The van der Waals surface area contributed by atoms with Gasteiger partial charge in [0, 0.05) is 12.5 Å². The van der Waals surface area contributed by atoms with Crippen LogP contribution < -0.4 is 11.5 Å². The third-order valence-electron chi connectivity index (χ3n) is 17.6. The lowest BCUT2D eigenvalue weighted by atomic mass is 9.79. The molecule has 8 aliphatic rings. The monoisotopic (exact) mass is 1320 g/mol. The van der Waals surface area contributed by atoms with Crippen LogP contribution in [0.5, 0.6) is 0 Å². The quantitative estimate of drug-likeness (QED) is 0.0422. The Morgan fingerprint density at radius 1 is 0.344 bits per heavy atom. The summed E-state index contributed by atoms with van der Waals surface area (Å²) < 4.78 is 89.1. The molecule has 0 spiro atoms. The molecule has 0 amide bonds. The second-order valence-electron chi connectivity index (χ2n) is 23.6. The van der Waals surface area contributed by atoms with Crippen LogP contribution in [0.1, 0.15) is 20.3 Å². The fourth-order valence-electron chi connectivity index (χ4n) is 12.1. The van der Waals surface area contributed by atoms with E-state index in [0.717, 1.165) is 0 Å². The number of rotatable bonds is 23. The summed E-state index contributed by atoms with van der Waals surface area (Å²) in [4.78, 5) is 0. The van der Waals surface area contributed by atoms with Crippen molar-refractivity contribution >= 4 is 0 Å². The highest BCUT2D eigenvalue weighted by Gasteiger charge is 2.59. The van der Waals surface area contributed by atoms with E-state index >= 15 is 0 Å². The molecule has 0 aromatic carbocycles. The standard InChI is InChI=1S/C52H90N2O36/c1-4-5-76-47-38(74)33(69)41(19(10-58)83-47)86-52-39(75)45(90-46-23(54)44(89-51-37(73)32(68)27(63)18(9-57)81-51)42(20(11-59)82-46)87-48-34(70)29(65)24(60)13(2)78-48)28(64)21(84-52)12-77-16-6-15(7-55)40(85-50-36(72)31(67)26(62)17(8-56)80-50)43(22(16)53)88-49-35(71)30(66)25(61)14(3)79-49/h4,13-52,55-75H,1,5-12,53-54H2,2-3H3/t13?,14?,15?,16-,17?,18?,19?,20?,21?,22?,23?,24+,25-,26+,27+,28+,29?,30?,31?,32?,33?,34?,35?,36?,37?,38?,39?,40+,41+,42+,43?,44?,45?,46+,47-,48+,49?,50+,51+,52+/m1/s1. The third kappa shape index (κ3) is 15.5. The molecule has 90 heavy (non-hydrogen) atoms. The van der Waals surface area contributed by atoms with Gasteiger partial charge in [0.25, 0.3) is 0 Å². The number of aliphatic hydroxyl groups is 21. The molecule has 8 rings (SSSR count). The van der Waals surface area contributed by atoms with E-state index in [1.54, 1.807) is 0 Å². The molecule has 1 saturated carbocycles. The molecule has 7 saturated heterocycles. The van der Waals surface area contributed by atoms with Gasteiger partial charge in [-0.25, -0.2) is 0 Å². The molecule has 524 valence electrons. The zero-order valence-corrected chi connectivity index (χ0v) is 48.7. The van der Waals surface area contributed by atoms with Gasteiger partial charge in [0.1, 0.15) is 159 Å². The molecule has 1 aliphatic carbocycles. The summed E-state index contributed by atoms with van der Waals surface area (Å²) in [6.07, 6.45) is -66.4. The van der Waals surface area contributed by atoms with Crippen LogP contribution in [-0.2, 0) is 71.1 Å². The number of nitrogens with two attached hydrogens (primary N) is 2. The molecule has 0 bridgehead atoms. The Balaban J connectivity index is 1.11. The molecule has 25 unspecified atom stereocenters. The number of hydrogen-bond acceptors (Lipinski definition) is 38. The van der Waals surface area contributed by atoms with Gasteiger partial charge in [0.15, 0.2) is 44.0 Å². The van der Waals surface area contributed by atoms with E-state index in [2.05, 4.69) is 6.58 Å². The summed E-state index contributed by atoms with van der Waals surface area (Å²) in [5, 5.41) is 228. The van der Waals surface area contributed by atoms with E-state index in [4.69, 9.17) is 82.5 Å². The summed E-state index contributed by atoms with van der Waals surface area (Å²) in [7, 11) is 0. The summed E-state index contributed by atoms with van der Waals surface area (Å²) in [6.45, 7) is 0.530. The molecule has 38 heteroatoms. The fourth-order valence-corrected chi connectivity index (χ4v) is 12.1. The van der Waals surface area contributed by atoms with Crippen LogP contribution in [0.4, 0.5) is 0 Å². The van der Waals surface area contributed by atoms with Gasteiger partial charge in [-0.3, -0.25) is 0 Å². The first kappa shape index (κ1) is 74.0. The van der Waals surface area contributed by atoms with E-state index in [0.29, 0.717) is 0 Å². The van der Waals surface area contributed by atoms with Gasteiger partial charge >= 0.3 is 0 Å². The van der Waals surface area contributed by atoms with Crippen molar-refractivity contribution in [1.29, 1.82) is 0 Å². The molecule has 0 aromatic heterocycles. The van der Waals surface area contributed by atoms with Crippen molar-refractivity contribution in [2.75, 3.05) is 46.2 Å². The topological polar surface area (TPSA) is 615 Å². The third-order valence-corrected chi connectivity index (χ3v) is 17.6. The van der Waals surface area contributed by atoms with Crippen LogP contribution in [0.2, 0.25) is 0 Å². The van der Waals surface area contributed by atoms with Crippen LogP contribution in [0.25, 0.3) is 0 Å².